The maximum Gasteiger partial charge on any atom is 0.169 e. The molecule has 0 amide bonds. The van der Waals surface area contributed by atoms with Gasteiger partial charge in [-0.05, 0) is 30.7 Å². The molecule has 1 heterocycles. The molecule has 2 aromatic rings. The molecule has 0 N–H and O–H groups in total. The Hall–Kier alpha value is -2.10. The molecule has 4 heteroatoms. The highest BCUT2D eigenvalue weighted by atomic mass is 19.1. The molecule has 0 fully saturated rings. The second-order valence-corrected chi connectivity index (χ2v) is 4.03. The van der Waals surface area contributed by atoms with E-state index in [9.17, 15) is 13.6 Å². The molecular formula is C14H11F2NO. The lowest BCUT2D eigenvalue weighted by atomic mass is 10.0. The summed E-state index contributed by atoms with van der Waals surface area (Å²) in [6, 6.07) is 6.41. The first-order valence-corrected chi connectivity index (χ1v) is 5.46. The number of ketones is 1. The zero-order chi connectivity index (χ0) is 13.1. The molecule has 0 atom stereocenters. The van der Waals surface area contributed by atoms with Crippen LogP contribution in [-0.2, 0) is 6.42 Å². The van der Waals surface area contributed by atoms with Crippen LogP contribution in [0.1, 0.15) is 21.6 Å². The third kappa shape index (κ3) is 2.77. The summed E-state index contributed by atoms with van der Waals surface area (Å²) < 4.78 is 26.0. The predicted octanol–water partition coefficient (Wildman–Crippen LogP) is 3.09. The topological polar surface area (TPSA) is 30.0 Å². The van der Waals surface area contributed by atoms with Gasteiger partial charge in [0.2, 0.25) is 0 Å². The zero-order valence-electron chi connectivity index (χ0n) is 9.78. The Morgan fingerprint density at radius 3 is 2.50 bits per heavy atom. The summed E-state index contributed by atoms with van der Waals surface area (Å²) in [6.45, 7) is 1.84. The van der Waals surface area contributed by atoms with E-state index < -0.39 is 11.6 Å². The predicted molar refractivity (Wildman–Crippen MR) is 63.4 cm³/mol. The molecule has 2 rings (SSSR count). The Balaban J connectivity index is 2.25. The third-order valence-corrected chi connectivity index (χ3v) is 2.63. The zero-order valence-corrected chi connectivity index (χ0v) is 9.78. The van der Waals surface area contributed by atoms with Crippen LogP contribution in [0.4, 0.5) is 8.78 Å². The molecule has 18 heavy (non-hydrogen) atoms. The van der Waals surface area contributed by atoms with Crippen LogP contribution >= 0.6 is 0 Å². The SMILES string of the molecule is Cc1cccnc1CC(=O)c1cc(F)cc(F)c1. The molecule has 0 radical (unpaired) electrons. The second-order valence-electron chi connectivity index (χ2n) is 4.03. The fraction of sp³-hybridized carbons (Fsp3) is 0.143. The average Bonchev–Trinajstić information content (AvgIpc) is 2.31. The van der Waals surface area contributed by atoms with Gasteiger partial charge in [0.15, 0.2) is 5.78 Å². The molecule has 0 aliphatic heterocycles. The number of aromatic nitrogens is 1. The highest BCUT2D eigenvalue weighted by molar-refractivity contribution is 5.97. The Kier molecular flexibility index (Phi) is 3.46. The number of nitrogens with zero attached hydrogens (tertiary/aromatic N) is 1. The van der Waals surface area contributed by atoms with Crippen molar-refractivity contribution < 1.29 is 13.6 Å². The average molecular weight is 247 g/mol. The highest BCUT2D eigenvalue weighted by Crippen LogP contribution is 2.12. The molecule has 0 saturated carbocycles. The van der Waals surface area contributed by atoms with Gasteiger partial charge in [-0.3, -0.25) is 9.78 Å². The van der Waals surface area contributed by atoms with E-state index in [1.165, 1.54) is 0 Å². The van der Waals surface area contributed by atoms with Crippen LogP contribution in [0.3, 0.4) is 0 Å². The van der Waals surface area contributed by atoms with Crippen LogP contribution in [0.15, 0.2) is 36.5 Å². The number of pyridine rings is 1. The number of rotatable bonds is 3. The monoisotopic (exact) mass is 247 g/mol. The van der Waals surface area contributed by atoms with Gasteiger partial charge >= 0.3 is 0 Å². The van der Waals surface area contributed by atoms with Crippen molar-refractivity contribution in [2.75, 3.05) is 0 Å². The Morgan fingerprint density at radius 2 is 1.89 bits per heavy atom. The van der Waals surface area contributed by atoms with E-state index in [4.69, 9.17) is 0 Å². The number of benzene rings is 1. The second kappa shape index (κ2) is 5.04. The molecule has 0 spiro atoms. The summed E-state index contributed by atoms with van der Waals surface area (Å²) in [5.74, 6) is -1.86. The first-order valence-electron chi connectivity index (χ1n) is 5.46. The van der Waals surface area contributed by atoms with Gasteiger partial charge in [-0.1, -0.05) is 6.07 Å². The van der Waals surface area contributed by atoms with Crippen LogP contribution in [-0.4, -0.2) is 10.8 Å². The van der Waals surface area contributed by atoms with Gasteiger partial charge < -0.3 is 0 Å². The van der Waals surface area contributed by atoms with Crippen molar-refractivity contribution >= 4 is 5.78 Å². The normalized spacial score (nSPS) is 10.4. The Labute approximate surface area is 103 Å². The number of halogens is 2. The van der Waals surface area contributed by atoms with Crippen LogP contribution in [0.2, 0.25) is 0 Å². The Bertz CT molecular complexity index is 576. The minimum Gasteiger partial charge on any atom is -0.294 e. The number of carbonyl (C=O) groups is 1. The van der Waals surface area contributed by atoms with Crippen LogP contribution < -0.4 is 0 Å². The van der Waals surface area contributed by atoms with E-state index in [-0.39, 0.29) is 17.8 Å². The number of carbonyl (C=O) groups excluding carboxylic acids is 1. The minimum absolute atomic E-state index is 0.0255. The quantitative estimate of drug-likeness (QED) is 0.780. The maximum atomic E-state index is 13.0. The summed E-state index contributed by atoms with van der Waals surface area (Å²) in [5.41, 5.74) is 1.52. The highest BCUT2D eigenvalue weighted by Gasteiger charge is 2.12. The third-order valence-electron chi connectivity index (χ3n) is 2.63. The van der Waals surface area contributed by atoms with Crippen molar-refractivity contribution in [3.63, 3.8) is 0 Å². The summed E-state index contributed by atoms with van der Waals surface area (Å²) in [7, 11) is 0. The molecule has 1 aromatic carbocycles. The van der Waals surface area contributed by atoms with Gasteiger partial charge in [0.25, 0.3) is 0 Å². The van der Waals surface area contributed by atoms with Crippen molar-refractivity contribution in [3.05, 3.63) is 65.0 Å². The minimum atomic E-state index is -0.754. The van der Waals surface area contributed by atoms with E-state index in [1.807, 2.05) is 13.0 Å². The van der Waals surface area contributed by atoms with Crippen molar-refractivity contribution in [1.29, 1.82) is 0 Å². The largest absolute Gasteiger partial charge is 0.294 e. The van der Waals surface area contributed by atoms with E-state index in [2.05, 4.69) is 4.98 Å². The maximum absolute atomic E-state index is 13.0. The van der Waals surface area contributed by atoms with Crippen LogP contribution in [0, 0.1) is 18.6 Å². The summed E-state index contributed by atoms with van der Waals surface area (Å²) in [4.78, 5) is 16.0. The van der Waals surface area contributed by atoms with Gasteiger partial charge in [-0.25, -0.2) is 8.78 Å². The van der Waals surface area contributed by atoms with Gasteiger partial charge in [0, 0.05) is 17.8 Å². The number of aryl methyl sites for hydroxylation is 1. The molecule has 2 nitrogen and oxygen atoms in total. The number of hydrogen-bond acceptors (Lipinski definition) is 2. The fourth-order valence-electron chi connectivity index (χ4n) is 1.67. The lowest BCUT2D eigenvalue weighted by molar-refractivity contribution is 0.0991. The fourth-order valence-corrected chi connectivity index (χ4v) is 1.67. The lowest BCUT2D eigenvalue weighted by Crippen LogP contribution is -2.07. The molecule has 0 aliphatic rings. The molecule has 0 aliphatic carbocycles. The first-order chi connectivity index (χ1) is 8.56. The Morgan fingerprint density at radius 1 is 1.22 bits per heavy atom. The summed E-state index contributed by atoms with van der Waals surface area (Å²) >= 11 is 0. The van der Waals surface area contributed by atoms with Crippen molar-refractivity contribution in [3.8, 4) is 0 Å². The molecule has 1 aromatic heterocycles. The van der Waals surface area contributed by atoms with E-state index in [0.717, 1.165) is 23.8 Å². The smallest absolute Gasteiger partial charge is 0.169 e. The van der Waals surface area contributed by atoms with Gasteiger partial charge in [-0.15, -0.1) is 0 Å². The van der Waals surface area contributed by atoms with E-state index in [0.29, 0.717) is 5.69 Å². The van der Waals surface area contributed by atoms with E-state index >= 15 is 0 Å². The molecule has 92 valence electrons. The lowest BCUT2D eigenvalue weighted by Gasteiger charge is -2.04. The summed E-state index contributed by atoms with van der Waals surface area (Å²) in [5, 5.41) is 0. The number of Topliss-reactive ketones (excluding diaryl/α,β-unsaturated/α-hetero) is 1. The number of hydrogen-bond donors (Lipinski definition) is 0. The molecule has 0 saturated heterocycles. The standard InChI is InChI=1S/C14H11F2NO/c1-9-3-2-4-17-13(9)8-14(18)10-5-11(15)7-12(16)6-10/h2-7H,8H2,1H3. The molecule has 0 bridgehead atoms. The van der Waals surface area contributed by atoms with Crippen molar-refractivity contribution in [2.24, 2.45) is 0 Å². The van der Waals surface area contributed by atoms with Gasteiger partial charge in [0.05, 0.1) is 12.1 Å². The van der Waals surface area contributed by atoms with Crippen molar-refractivity contribution in [2.45, 2.75) is 13.3 Å². The first kappa shape index (κ1) is 12.4. The van der Waals surface area contributed by atoms with Crippen LogP contribution in [0.25, 0.3) is 0 Å². The summed E-state index contributed by atoms with van der Waals surface area (Å²) in [6.07, 6.45) is 1.62. The molecular weight excluding hydrogens is 236 g/mol. The van der Waals surface area contributed by atoms with Gasteiger partial charge in [-0.2, -0.15) is 0 Å². The van der Waals surface area contributed by atoms with Crippen molar-refractivity contribution in [1.82, 2.24) is 4.98 Å². The van der Waals surface area contributed by atoms with Gasteiger partial charge in [0.1, 0.15) is 11.6 Å². The van der Waals surface area contributed by atoms with Crippen LogP contribution in [0.5, 0.6) is 0 Å². The molecule has 0 unspecified atom stereocenters. The van der Waals surface area contributed by atoms with E-state index in [1.54, 1.807) is 12.3 Å².